The lowest BCUT2D eigenvalue weighted by Crippen LogP contribution is -2.03. The first-order valence-electron chi connectivity index (χ1n) is 5.77. The number of thiazole rings is 1. The molecule has 18 heavy (non-hydrogen) atoms. The van der Waals surface area contributed by atoms with Gasteiger partial charge >= 0.3 is 0 Å². The summed E-state index contributed by atoms with van der Waals surface area (Å²) in [6.07, 6.45) is 3.70. The van der Waals surface area contributed by atoms with Crippen LogP contribution in [0.2, 0.25) is 0 Å². The van der Waals surface area contributed by atoms with E-state index >= 15 is 0 Å². The number of nitrogens with one attached hydrogen (secondary N) is 1. The molecule has 2 aromatic rings. The maximum Gasteiger partial charge on any atom is 0.0898 e. The lowest BCUT2D eigenvalue weighted by atomic mass is 10.1. The van der Waals surface area contributed by atoms with Crippen molar-refractivity contribution in [1.29, 1.82) is 0 Å². The van der Waals surface area contributed by atoms with Crippen LogP contribution in [0.3, 0.4) is 0 Å². The summed E-state index contributed by atoms with van der Waals surface area (Å²) in [5.41, 5.74) is 4.29. The Morgan fingerprint density at radius 2 is 1.94 bits per heavy atom. The third-order valence-electron chi connectivity index (χ3n) is 2.68. The van der Waals surface area contributed by atoms with Crippen molar-refractivity contribution in [2.24, 2.45) is 0 Å². The molecule has 92 valence electrons. The first kappa shape index (κ1) is 12.6. The highest BCUT2D eigenvalue weighted by molar-refractivity contribution is 7.09. The van der Waals surface area contributed by atoms with Gasteiger partial charge in [-0.1, -0.05) is 43.5 Å². The molecule has 1 N–H and O–H groups in total. The van der Waals surface area contributed by atoms with E-state index < -0.39 is 0 Å². The number of nitrogens with zero attached hydrogens (tertiary/aromatic N) is 1. The largest absolute Gasteiger partial charge is 0.378 e. The zero-order valence-electron chi connectivity index (χ0n) is 10.4. The Morgan fingerprint density at radius 1 is 1.28 bits per heavy atom. The summed E-state index contributed by atoms with van der Waals surface area (Å²) in [4.78, 5) is 4.44. The van der Waals surface area contributed by atoms with Crippen LogP contribution in [-0.2, 0) is 6.54 Å². The molecular weight excluding hydrogens is 240 g/mol. The molecule has 0 fully saturated rings. The van der Waals surface area contributed by atoms with Crippen LogP contribution < -0.4 is 5.32 Å². The second kappa shape index (κ2) is 5.65. The highest BCUT2D eigenvalue weighted by Gasteiger charge is 2.05. The maximum atomic E-state index is 4.44. The molecule has 0 aliphatic heterocycles. The van der Waals surface area contributed by atoms with Gasteiger partial charge in [0.05, 0.1) is 17.2 Å². The van der Waals surface area contributed by atoms with Gasteiger partial charge in [-0.25, -0.2) is 4.98 Å². The molecule has 0 radical (unpaired) electrons. The number of hydrogen-bond donors (Lipinski definition) is 1. The Hall–Kier alpha value is -1.87. The predicted octanol–water partition coefficient (Wildman–Crippen LogP) is 4.35. The van der Waals surface area contributed by atoms with E-state index in [1.807, 2.05) is 37.3 Å². The van der Waals surface area contributed by atoms with Crippen LogP contribution >= 0.6 is 11.3 Å². The van der Waals surface area contributed by atoms with Gasteiger partial charge in [-0.15, -0.1) is 11.3 Å². The van der Waals surface area contributed by atoms with Crippen LogP contribution in [-0.4, -0.2) is 4.98 Å². The van der Waals surface area contributed by atoms with Crippen molar-refractivity contribution in [2.75, 3.05) is 5.32 Å². The highest BCUT2D eigenvalue weighted by Crippen LogP contribution is 2.24. The number of para-hydroxylation sites is 1. The maximum absolute atomic E-state index is 4.44. The number of aryl methyl sites for hydroxylation is 1. The quantitative estimate of drug-likeness (QED) is 0.860. The summed E-state index contributed by atoms with van der Waals surface area (Å²) in [6, 6.07) is 6.08. The lowest BCUT2D eigenvalue weighted by molar-refractivity contribution is 1.05. The molecule has 0 aliphatic rings. The second-order valence-corrected chi connectivity index (χ2v) is 4.99. The molecule has 0 amide bonds. The molecule has 0 saturated carbocycles. The van der Waals surface area contributed by atoms with Crippen molar-refractivity contribution in [3.05, 3.63) is 58.6 Å². The van der Waals surface area contributed by atoms with Gasteiger partial charge in [-0.2, -0.15) is 0 Å². The van der Waals surface area contributed by atoms with Gasteiger partial charge in [0.15, 0.2) is 0 Å². The Balaban J connectivity index is 2.22. The van der Waals surface area contributed by atoms with Crippen LogP contribution in [0.25, 0.3) is 12.2 Å². The van der Waals surface area contributed by atoms with E-state index in [0.29, 0.717) is 0 Å². The fraction of sp³-hybridized carbons (Fsp3) is 0.133. The fourth-order valence-electron chi connectivity index (χ4n) is 1.80. The van der Waals surface area contributed by atoms with Crippen molar-refractivity contribution in [3.8, 4) is 0 Å². The molecule has 0 spiro atoms. The Morgan fingerprint density at radius 3 is 2.44 bits per heavy atom. The fourth-order valence-corrected chi connectivity index (χ4v) is 2.41. The molecule has 0 unspecified atom stereocenters. The van der Waals surface area contributed by atoms with Crippen molar-refractivity contribution < 1.29 is 0 Å². The number of benzene rings is 1. The van der Waals surface area contributed by atoms with Gasteiger partial charge in [-0.3, -0.25) is 0 Å². The normalized spacial score (nSPS) is 10.1. The zero-order valence-corrected chi connectivity index (χ0v) is 11.3. The molecule has 1 aromatic carbocycles. The van der Waals surface area contributed by atoms with Crippen molar-refractivity contribution in [1.82, 2.24) is 4.98 Å². The van der Waals surface area contributed by atoms with E-state index in [1.54, 1.807) is 11.3 Å². The predicted molar refractivity (Wildman–Crippen MR) is 80.8 cm³/mol. The zero-order chi connectivity index (χ0) is 13.0. The summed E-state index contributed by atoms with van der Waals surface area (Å²) in [5.74, 6) is 0. The van der Waals surface area contributed by atoms with Crippen LogP contribution in [0.15, 0.2) is 36.7 Å². The summed E-state index contributed by atoms with van der Waals surface area (Å²) < 4.78 is 0. The highest BCUT2D eigenvalue weighted by atomic mass is 32.1. The number of rotatable bonds is 5. The summed E-state index contributed by atoms with van der Waals surface area (Å²) in [7, 11) is 0. The van der Waals surface area contributed by atoms with Gasteiger partial charge in [-0.05, 0) is 18.1 Å². The van der Waals surface area contributed by atoms with Crippen molar-refractivity contribution in [2.45, 2.75) is 13.5 Å². The van der Waals surface area contributed by atoms with Gasteiger partial charge in [0.25, 0.3) is 0 Å². The third kappa shape index (κ3) is 2.68. The number of aromatic nitrogens is 1. The molecule has 0 aliphatic carbocycles. The van der Waals surface area contributed by atoms with Crippen LogP contribution in [0.5, 0.6) is 0 Å². The Bertz CT molecular complexity index is 543. The van der Waals surface area contributed by atoms with Crippen molar-refractivity contribution >= 4 is 29.2 Å². The van der Waals surface area contributed by atoms with Gasteiger partial charge in [0.2, 0.25) is 0 Å². The molecule has 0 atom stereocenters. The Labute approximate surface area is 112 Å². The topological polar surface area (TPSA) is 24.9 Å². The number of hydrogen-bond acceptors (Lipinski definition) is 3. The van der Waals surface area contributed by atoms with Crippen molar-refractivity contribution in [3.63, 3.8) is 0 Å². The molecule has 2 nitrogen and oxygen atoms in total. The summed E-state index contributed by atoms with van der Waals surface area (Å²) >= 11 is 1.67. The molecule has 0 bridgehead atoms. The average Bonchev–Trinajstić information content (AvgIpc) is 2.81. The minimum Gasteiger partial charge on any atom is -0.378 e. The SMILES string of the molecule is C=Cc1cccc(C=C)c1NCc1csc(C)n1. The summed E-state index contributed by atoms with van der Waals surface area (Å²) in [6.45, 7) is 10.4. The standard InChI is InChI=1S/C15H16N2S/c1-4-12-7-6-8-13(5-2)15(12)16-9-14-10-18-11(3)17-14/h4-8,10,16H,1-2,9H2,3H3. The smallest absolute Gasteiger partial charge is 0.0898 e. The van der Waals surface area contributed by atoms with E-state index in [9.17, 15) is 0 Å². The first-order chi connectivity index (χ1) is 8.74. The monoisotopic (exact) mass is 256 g/mol. The average molecular weight is 256 g/mol. The summed E-state index contributed by atoms with van der Waals surface area (Å²) in [5, 5.41) is 6.58. The van der Waals surface area contributed by atoms with Gasteiger partial charge in [0.1, 0.15) is 0 Å². The number of anilines is 1. The molecule has 1 heterocycles. The van der Waals surface area contributed by atoms with E-state index in [0.717, 1.165) is 34.1 Å². The molecule has 3 heteroatoms. The van der Waals surface area contributed by atoms with E-state index in [2.05, 4.69) is 28.8 Å². The van der Waals surface area contributed by atoms with E-state index in [4.69, 9.17) is 0 Å². The van der Waals surface area contributed by atoms with Crippen LogP contribution in [0, 0.1) is 6.92 Å². The molecule has 0 saturated heterocycles. The van der Waals surface area contributed by atoms with Gasteiger partial charge in [0, 0.05) is 11.1 Å². The van der Waals surface area contributed by atoms with Gasteiger partial charge < -0.3 is 5.32 Å². The van der Waals surface area contributed by atoms with Crippen LogP contribution in [0.4, 0.5) is 5.69 Å². The minimum absolute atomic E-state index is 0.718. The molecule has 2 rings (SSSR count). The third-order valence-corrected chi connectivity index (χ3v) is 3.50. The lowest BCUT2D eigenvalue weighted by Gasteiger charge is -2.12. The second-order valence-electron chi connectivity index (χ2n) is 3.93. The van der Waals surface area contributed by atoms with Crippen LogP contribution in [0.1, 0.15) is 21.8 Å². The van der Waals surface area contributed by atoms with E-state index in [-0.39, 0.29) is 0 Å². The van der Waals surface area contributed by atoms with E-state index in [1.165, 1.54) is 0 Å². The Kier molecular flexibility index (Phi) is 3.95. The first-order valence-corrected chi connectivity index (χ1v) is 6.65. The molecule has 1 aromatic heterocycles. The molecular formula is C15H16N2S. The minimum atomic E-state index is 0.718.